The largest absolute Gasteiger partial charge is 0.377 e. The van der Waals surface area contributed by atoms with Gasteiger partial charge >= 0.3 is 0 Å². The first-order valence-electron chi connectivity index (χ1n) is 8.17. The number of anilines is 2. The van der Waals surface area contributed by atoms with Crippen LogP contribution in [0.25, 0.3) is 10.9 Å². The SMILES string of the molecule is Cc1nc2ccc(N3CCCCC3)cc2c(N(C)C)c1CN. The third kappa shape index (κ3) is 2.63. The standard InChI is InChI=1S/C18H26N4/c1-13-16(12-19)18(21(2)3)15-11-14(7-8-17(15)20-13)22-9-5-4-6-10-22/h7-8,11H,4-6,9-10,12,19H2,1-3H3. The van der Waals surface area contributed by atoms with E-state index in [0.717, 1.165) is 29.9 Å². The Morgan fingerprint density at radius 1 is 1.18 bits per heavy atom. The zero-order chi connectivity index (χ0) is 15.7. The highest BCUT2D eigenvalue weighted by atomic mass is 15.1. The van der Waals surface area contributed by atoms with E-state index in [1.807, 2.05) is 6.92 Å². The predicted octanol–water partition coefficient (Wildman–Crippen LogP) is 3.06. The molecule has 0 saturated carbocycles. The van der Waals surface area contributed by atoms with Crippen molar-refractivity contribution >= 4 is 22.3 Å². The molecule has 0 aliphatic carbocycles. The molecule has 22 heavy (non-hydrogen) atoms. The van der Waals surface area contributed by atoms with E-state index < -0.39 is 0 Å². The first kappa shape index (κ1) is 15.1. The Bertz CT molecular complexity index is 672. The molecule has 1 aliphatic heterocycles. The van der Waals surface area contributed by atoms with Crippen LogP contribution in [0.4, 0.5) is 11.4 Å². The third-order valence-electron chi connectivity index (χ3n) is 4.62. The highest BCUT2D eigenvalue weighted by Crippen LogP contribution is 2.33. The fraction of sp³-hybridized carbons (Fsp3) is 0.500. The summed E-state index contributed by atoms with van der Waals surface area (Å²) < 4.78 is 0. The summed E-state index contributed by atoms with van der Waals surface area (Å²) in [5, 5.41) is 1.21. The first-order chi connectivity index (χ1) is 10.6. The van der Waals surface area contributed by atoms with Gasteiger partial charge in [0.05, 0.1) is 11.2 Å². The van der Waals surface area contributed by atoms with Crippen molar-refractivity contribution < 1.29 is 0 Å². The summed E-state index contributed by atoms with van der Waals surface area (Å²) in [6.45, 7) is 4.89. The molecule has 0 radical (unpaired) electrons. The first-order valence-corrected chi connectivity index (χ1v) is 8.17. The lowest BCUT2D eigenvalue weighted by Crippen LogP contribution is -2.29. The molecule has 2 aromatic rings. The average Bonchev–Trinajstić information content (AvgIpc) is 2.53. The van der Waals surface area contributed by atoms with Crippen LogP contribution >= 0.6 is 0 Å². The summed E-state index contributed by atoms with van der Waals surface area (Å²) in [5.74, 6) is 0. The van der Waals surface area contributed by atoms with E-state index in [2.05, 4.69) is 42.1 Å². The molecule has 1 aliphatic rings. The second-order valence-corrected chi connectivity index (χ2v) is 6.37. The van der Waals surface area contributed by atoms with Crippen molar-refractivity contribution in [1.82, 2.24) is 4.98 Å². The molecule has 118 valence electrons. The molecule has 0 atom stereocenters. The van der Waals surface area contributed by atoms with Crippen LogP contribution in [0, 0.1) is 6.92 Å². The second kappa shape index (κ2) is 6.13. The van der Waals surface area contributed by atoms with E-state index in [-0.39, 0.29) is 0 Å². The number of aromatic nitrogens is 1. The Morgan fingerprint density at radius 3 is 2.55 bits per heavy atom. The van der Waals surface area contributed by atoms with Gasteiger partial charge in [0.2, 0.25) is 0 Å². The van der Waals surface area contributed by atoms with Gasteiger partial charge < -0.3 is 15.5 Å². The second-order valence-electron chi connectivity index (χ2n) is 6.37. The highest BCUT2D eigenvalue weighted by molar-refractivity contribution is 5.96. The average molecular weight is 298 g/mol. The lowest BCUT2D eigenvalue weighted by Gasteiger charge is -2.29. The zero-order valence-corrected chi connectivity index (χ0v) is 13.9. The van der Waals surface area contributed by atoms with Gasteiger partial charge in [-0.1, -0.05) is 0 Å². The van der Waals surface area contributed by atoms with Crippen LogP contribution in [0.2, 0.25) is 0 Å². The van der Waals surface area contributed by atoms with Crippen LogP contribution in [0.1, 0.15) is 30.5 Å². The van der Waals surface area contributed by atoms with Gasteiger partial charge in [-0.25, -0.2) is 0 Å². The van der Waals surface area contributed by atoms with Crippen LogP contribution < -0.4 is 15.5 Å². The van der Waals surface area contributed by atoms with Crippen molar-refractivity contribution in [3.8, 4) is 0 Å². The quantitative estimate of drug-likeness (QED) is 0.946. The summed E-state index contributed by atoms with van der Waals surface area (Å²) in [6, 6.07) is 6.66. The fourth-order valence-corrected chi connectivity index (χ4v) is 3.50. The van der Waals surface area contributed by atoms with Gasteiger partial charge in [-0.3, -0.25) is 4.98 Å². The molecule has 1 saturated heterocycles. The highest BCUT2D eigenvalue weighted by Gasteiger charge is 2.16. The van der Waals surface area contributed by atoms with E-state index in [4.69, 9.17) is 10.7 Å². The van der Waals surface area contributed by atoms with Crippen LogP contribution in [0.15, 0.2) is 18.2 Å². The smallest absolute Gasteiger partial charge is 0.0727 e. The lowest BCUT2D eigenvalue weighted by molar-refractivity contribution is 0.578. The Balaban J connectivity index is 2.16. The number of nitrogens with two attached hydrogens (primary N) is 1. The van der Waals surface area contributed by atoms with Crippen molar-refractivity contribution in [3.63, 3.8) is 0 Å². The van der Waals surface area contributed by atoms with Crippen molar-refractivity contribution in [3.05, 3.63) is 29.5 Å². The van der Waals surface area contributed by atoms with E-state index in [1.165, 1.54) is 36.0 Å². The molecule has 0 unspecified atom stereocenters. The molecule has 1 aromatic heterocycles. The minimum atomic E-state index is 0.524. The van der Waals surface area contributed by atoms with Crippen LogP contribution in [0.5, 0.6) is 0 Å². The number of pyridine rings is 1. The molecule has 0 spiro atoms. The Morgan fingerprint density at radius 2 is 1.91 bits per heavy atom. The number of rotatable bonds is 3. The zero-order valence-electron chi connectivity index (χ0n) is 13.9. The number of nitrogens with zero attached hydrogens (tertiary/aromatic N) is 3. The van der Waals surface area contributed by atoms with E-state index in [9.17, 15) is 0 Å². The third-order valence-corrected chi connectivity index (χ3v) is 4.62. The van der Waals surface area contributed by atoms with Gasteiger partial charge in [-0.15, -0.1) is 0 Å². The summed E-state index contributed by atoms with van der Waals surface area (Å²) in [6.07, 6.45) is 3.93. The van der Waals surface area contributed by atoms with E-state index in [1.54, 1.807) is 0 Å². The molecule has 2 N–H and O–H groups in total. The topological polar surface area (TPSA) is 45.4 Å². The molecular formula is C18H26N4. The van der Waals surface area contributed by atoms with Gasteiger partial charge in [-0.2, -0.15) is 0 Å². The van der Waals surface area contributed by atoms with Gasteiger partial charge in [0.1, 0.15) is 0 Å². The van der Waals surface area contributed by atoms with Gasteiger partial charge in [0.15, 0.2) is 0 Å². The number of aryl methyl sites for hydroxylation is 1. The van der Waals surface area contributed by atoms with Crippen molar-refractivity contribution in [2.75, 3.05) is 37.0 Å². The number of fused-ring (bicyclic) bond motifs is 1. The lowest BCUT2D eigenvalue weighted by atomic mass is 10.0. The van der Waals surface area contributed by atoms with Gasteiger partial charge in [0, 0.05) is 56.1 Å². The molecule has 0 bridgehead atoms. The maximum Gasteiger partial charge on any atom is 0.0727 e. The molecule has 1 aromatic carbocycles. The van der Waals surface area contributed by atoms with Gasteiger partial charge in [-0.05, 0) is 44.4 Å². The number of hydrogen-bond acceptors (Lipinski definition) is 4. The molecule has 1 fully saturated rings. The molecule has 4 heteroatoms. The maximum absolute atomic E-state index is 5.98. The normalized spacial score (nSPS) is 15.4. The summed E-state index contributed by atoms with van der Waals surface area (Å²) >= 11 is 0. The minimum absolute atomic E-state index is 0.524. The van der Waals surface area contributed by atoms with E-state index in [0.29, 0.717) is 6.54 Å². The van der Waals surface area contributed by atoms with Gasteiger partial charge in [0.25, 0.3) is 0 Å². The van der Waals surface area contributed by atoms with Crippen molar-refractivity contribution in [2.45, 2.75) is 32.7 Å². The number of hydrogen-bond donors (Lipinski definition) is 1. The van der Waals surface area contributed by atoms with Crippen LogP contribution in [-0.4, -0.2) is 32.2 Å². The van der Waals surface area contributed by atoms with Crippen LogP contribution in [-0.2, 0) is 6.54 Å². The molecule has 0 amide bonds. The van der Waals surface area contributed by atoms with E-state index >= 15 is 0 Å². The molecule has 3 rings (SSSR count). The van der Waals surface area contributed by atoms with Crippen molar-refractivity contribution in [1.29, 1.82) is 0 Å². The van der Waals surface area contributed by atoms with Crippen molar-refractivity contribution in [2.24, 2.45) is 5.73 Å². The molecule has 2 heterocycles. The molecular weight excluding hydrogens is 272 g/mol. The predicted molar refractivity (Wildman–Crippen MR) is 94.8 cm³/mol. The summed E-state index contributed by atoms with van der Waals surface area (Å²) in [7, 11) is 4.17. The Hall–Kier alpha value is -1.81. The Labute approximate surface area is 132 Å². The molecule has 4 nitrogen and oxygen atoms in total. The minimum Gasteiger partial charge on any atom is -0.377 e. The summed E-state index contributed by atoms with van der Waals surface area (Å²) in [4.78, 5) is 9.41. The monoisotopic (exact) mass is 298 g/mol. The number of benzene rings is 1. The van der Waals surface area contributed by atoms with Crippen LogP contribution in [0.3, 0.4) is 0 Å². The maximum atomic E-state index is 5.98. The summed E-state index contributed by atoms with van der Waals surface area (Å²) in [5.41, 5.74) is 11.7. The Kier molecular flexibility index (Phi) is 4.21. The fourth-order valence-electron chi connectivity index (χ4n) is 3.50. The number of piperidine rings is 1.